The van der Waals surface area contributed by atoms with E-state index in [1.807, 2.05) is 11.3 Å². The van der Waals surface area contributed by atoms with Crippen LogP contribution in [0.15, 0.2) is 170 Å². The van der Waals surface area contributed by atoms with Gasteiger partial charge in [-0.3, -0.25) is 8.97 Å². The van der Waals surface area contributed by atoms with Gasteiger partial charge >= 0.3 is 0 Å². The Balaban J connectivity index is 1.10. The number of aromatic nitrogens is 4. The summed E-state index contributed by atoms with van der Waals surface area (Å²) in [6.07, 6.45) is 0. The molecule has 0 radical (unpaired) electrons. The van der Waals surface area contributed by atoms with Gasteiger partial charge < -0.3 is 0 Å². The van der Waals surface area contributed by atoms with Gasteiger partial charge in [-0.05, 0) is 76.2 Å². The number of rotatable bonds is 3. The van der Waals surface area contributed by atoms with Crippen LogP contribution in [0.25, 0.3) is 109 Å². The number of benzene rings is 8. The Bertz CT molecular complexity index is 3460. The Morgan fingerprint density at radius 2 is 1.02 bits per heavy atom. The van der Waals surface area contributed by atoms with Crippen molar-refractivity contribution >= 4 is 91.7 Å². The van der Waals surface area contributed by atoms with Crippen molar-refractivity contribution < 1.29 is 0 Å². The van der Waals surface area contributed by atoms with Crippen molar-refractivity contribution in [2.24, 2.45) is 0 Å². The summed E-state index contributed by atoms with van der Waals surface area (Å²) in [5.74, 6) is 0.830. The first-order valence-electron chi connectivity index (χ1n) is 17.9. The summed E-state index contributed by atoms with van der Waals surface area (Å²) in [5.41, 5.74) is 10.9. The highest BCUT2D eigenvalue weighted by Gasteiger charge is 2.22. The average Bonchev–Trinajstić information content (AvgIpc) is 3.90. The molecule has 0 unspecified atom stereocenters. The van der Waals surface area contributed by atoms with Gasteiger partial charge in [-0.25, -0.2) is 9.97 Å². The topological polar surface area (TPSA) is 35.1 Å². The third-order valence-electron chi connectivity index (χ3n) is 10.9. The van der Waals surface area contributed by atoms with Crippen molar-refractivity contribution in [1.82, 2.24) is 18.9 Å². The molecule has 0 saturated carbocycles. The SMILES string of the molecule is c1ccc2c(c1)nc(-n1c3ccccc3c3cc(-c4ccc(-c5ccc6c(c5)sc5ccccc56)cc4)c4ccccc4c31)n1c3ccccc3nc21. The first-order chi connectivity index (χ1) is 26.3. The van der Waals surface area contributed by atoms with Gasteiger partial charge in [0.15, 0.2) is 0 Å². The molecule has 0 fully saturated rings. The van der Waals surface area contributed by atoms with Crippen LogP contribution < -0.4 is 0 Å². The standard InChI is InChI=1S/C48H28N4S/c1-2-14-36-32(11-1)38(30-23-21-29(22-24-30)31-25-26-35-34-13-5-10-20-44(34)53-45(35)27-31)28-39-33-12-4-8-18-42(33)51(46(36)39)48-50-40-16-6-3-15-37(40)47-49-41-17-7-9-19-43(41)52(47)48/h1-28H. The zero-order chi connectivity index (χ0) is 34.6. The van der Waals surface area contributed by atoms with Gasteiger partial charge in [0.25, 0.3) is 0 Å². The molecule has 4 aromatic heterocycles. The average molecular weight is 693 g/mol. The second-order valence-corrected chi connectivity index (χ2v) is 14.9. The molecular weight excluding hydrogens is 665 g/mol. The fourth-order valence-corrected chi connectivity index (χ4v) is 9.64. The van der Waals surface area contributed by atoms with Crippen molar-refractivity contribution in [3.63, 3.8) is 0 Å². The lowest BCUT2D eigenvalue weighted by Gasteiger charge is -2.15. The highest BCUT2D eigenvalue weighted by Crippen LogP contribution is 2.43. The molecule has 0 spiro atoms. The molecule has 0 saturated heterocycles. The summed E-state index contributed by atoms with van der Waals surface area (Å²) in [5, 5.41) is 8.46. The minimum atomic E-state index is 0.830. The van der Waals surface area contributed by atoms with E-state index >= 15 is 0 Å². The molecule has 246 valence electrons. The predicted molar refractivity (Wildman–Crippen MR) is 224 cm³/mol. The number of hydrogen-bond donors (Lipinski definition) is 0. The molecule has 0 amide bonds. The molecule has 0 aliphatic rings. The highest BCUT2D eigenvalue weighted by atomic mass is 32.1. The van der Waals surface area contributed by atoms with Crippen molar-refractivity contribution in [2.75, 3.05) is 0 Å². The van der Waals surface area contributed by atoms with Crippen LogP contribution in [0.1, 0.15) is 0 Å². The molecule has 0 aliphatic heterocycles. The molecule has 0 atom stereocenters. The van der Waals surface area contributed by atoms with Gasteiger partial charge in [-0.1, -0.05) is 121 Å². The molecule has 12 rings (SSSR count). The van der Waals surface area contributed by atoms with Crippen molar-refractivity contribution in [2.45, 2.75) is 0 Å². The maximum atomic E-state index is 5.41. The fourth-order valence-electron chi connectivity index (χ4n) is 8.49. The number of imidazole rings is 1. The van der Waals surface area contributed by atoms with Gasteiger partial charge in [0.05, 0.1) is 27.6 Å². The molecule has 4 nitrogen and oxygen atoms in total. The lowest BCUT2D eigenvalue weighted by molar-refractivity contribution is 0.982. The molecule has 0 N–H and O–H groups in total. The van der Waals surface area contributed by atoms with Gasteiger partial charge in [-0.15, -0.1) is 11.3 Å². The minimum absolute atomic E-state index is 0.830. The predicted octanol–water partition coefficient (Wildman–Crippen LogP) is 13.0. The third-order valence-corrected chi connectivity index (χ3v) is 12.0. The van der Waals surface area contributed by atoms with E-state index in [0.29, 0.717) is 0 Å². The van der Waals surface area contributed by atoms with Crippen LogP contribution in [0, 0.1) is 0 Å². The van der Waals surface area contributed by atoms with Crippen LogP contribution in [-0.4, -0.2) is 18.9 Å². The van der Waals surface area contributed by atoms with E-state index in [1.165, 1.54) is 64.0 Å². The van der Waals surface area contributed by atoms with E-state index in [2.05, 4.69) is 179 Å². The molecule has 8 aromatic carbocycles. The first-order valence-corrected chi connectivity index (χ1v) is 18.7. The van der Waals surface area contributed by atoms with Crippen molar-refractivity contribution in [1.29, 1.82) is 0 Å². The van der Waals surface area contributed by atoms with E-state index in [4.69, 9.17) is 9.97 Å². The lowest BCUT2D eigenvalue weighted by Crippen LogP contribution is -2.06. The normalized spacial score (nSPS) is 12.2. The second kappa shape index (κ2) is 10.8. The molecule has 4 heterocycles. The Labute approximate surface area is 307 Å². The second-order valence-electron chi connectivity index (χ2n) is 13.8. The van der Waals surface area contributed by atoms with E-state index in [-0.39, 0.29) is 0 Å². The van der Waals surface area contributed by atoms with Crippen LogP contribution in [0.5, 0.6) is 0 Å². The maximum Gasteiger partial charge on any atom is 0.221 e. The largest absolute Gasteiger partial charge is 0.278 e. The molecule has 5 heteroatoms. The fraction of sp³-hybridized carbons (Fsp3) is 0. The van der Waals surface area contributed by atoms with Crippen LogP contribution >= 0.6 is 11.3 Å². The van der Waals surface area contributed by atoms with E-state index in [0.717, 1.165) is 44.6 Å². The van der Waals surface area contributed by atoms with Crippen LogP contribution in [0.4, 0.5) is 0 Å². The smallest absolute Gasteiger partial charge is 0.221 e. The summed E-state index contributed by atoms with van der Waals surface area (Å²) in [6.45, 7) is 0. The maximum absolute atomic E-state index is 5.41. The van der Waals surface area contributed by atoms with E-state index in [9.17, 15) is 0 Å². The number of para-hydroxylation sites is 4. The summed E-state index contributed by atoms with van der Waals surface area (Å²) in [7, 11) is 0. The van der Waals surface area contributed by atoms with E-state index in [1.54, 1.807) is 0 Å². The van der Waals surface area contributed by atoms with Gasteiger partial charge in [0, 0.05) is 41.7 Å². The Hall–Kier alpha value is -6.82. The summed E-state index contributed by atoms with van der Waals surface area (Å²) in [6, 6.07) is 61.3. The molecule has 12 aromatic rings. The number of nitrogens with zero attached hydrogens (tertiary/aromatic N) is 4. The van der Waals surface area contributed by atoms with Gasteiger partial charge in [0.2, 0.25) is 5.95 Å². The van der Waals surface area contributed by atoms with Crippen molar-refractivity contribution in [3.8, 4) is 28.2 Å². The summed E-state index contributed by atoms with van der Waals surface area (Å²) < 4.78 is 7.25. The molecule has 0 aliphatic carbocycles. The summed E-state index contributed by atoms with van der Waals surface area (Å²) in [4.78, 5) is 10.6. The van der Waals surface area contributed by atoms with E-state index < -0.39 is 0 Å². The van der Waals surface area contributed by atoms with Crippen LogP contribution in [0.3, 0.4) is 0 Å². The van der Waals surface area contributed by atoms with Crippen LogP contribution in [0.2, 0.25) is 0 Å². The Morgan fingerprint density at radius 1 is 0.396 bits per heavy atom. The Kier molecular flexibility index (Phi) is 5.90. The van der Waals surface area contributed by atoms with Gasteiger partial charge in [0.1, 0.15) is 5.65 Å². The summed E-state index contributed by atoms with van der Waals surface area (Å²) >= 11 is 1.86. The number of fused-ring (bicyclic) bond motifs is 13. The van der Waals surface area contributed by atoms with Gasteiger partial charge in [-0.2, -0.15) is 0 Å². The monoisotopic (exact) mass is 692 g/mol. The molecular formula is C48H28N4S. The highest BCUT2D eigenvalue weighted by molar-refractivity contribution is 7.25. The van der Waals surface area contributed by atoms with Crippen molar-refractivity contribution in [3.05, 3.63) is 170 Å². The molecule has 53 heavy (non-hydrogen) atoms. The first kappa shape index (κ1) is 28.8. The molecule has 0 bridgehead atoms. The zero-order valence-electron chi connectivity index (χ0n) is 28.4. The number of hydrogen-bond acceptors (Lipinski definition) is 3. The van der Waals surface area contributed by atoms with Crippen LogP contribution in [-0.2, 0) is 0 Å². The Morgan fingerprint density at radius 3 is 1.87 bits per heavy atom. The third kappa shape index (κ3) is 4.11. The zero-order valence-corrected chi connectivity index (χ0v) is 29.2. The number of thiophene rings is 1. The minimum Gasteiger partial charge on any atom is -0.278 e. The lowest BCUT2D eigenvalue weighted by atomic mass is 9.94. The quantitative estimate of drug-likeness (QED) is 0.185.